The third kappa shape index (κ3) is 3.31. The fourth-order valence-corrected chi connectivity index (χ4v) is 2.00. The summed E-state index contributed by atoms with van der Waals surface area (Å²) in [6.45, 7) is 2.72. The third-order valence-corrected chi connectivity index (χ3v) is 2.95. The Bertz CT molecular complexity index is 551. The van der Waals surface area contributed by atoms with Crippen LogP contribution in [0.5, 0.6) is 0 Å². The lowest BCUT2D eigenvalue weighted by atomic mass is 10.2. The Morgan fingerprint density at radius 1 is 1.26 bits per heavy atom. The Labute approximate surface area is 113 Å². The molecule has 0 aliphatic carbocycles. The molecule has 3 N–H and O–H groups in total. The lowest BCUT2D eigenvalue weighted by molar-refractivity contribution is 0.946. The highest BCUT2D eigenvalue weighted by atomic mass is 15.1. The molecule has 0 spiro atoms. The number of nitrogens with zero attached hydrogens (tertiary/aromatic N) is 2. The second-order valence-electron chi connectivity index (χ2n) is 4.42. The summed E-state index contributed by atoms with van der Waals surface area (Å²) in [6, 6.07) is 12.1. The minimum Gasteiger partial charge on any atom is -0.388 e. The second-order valence-corrected chi connectivity index (χ2v) is 4.42. The number of benzene rings is 1. The SMILES string of the molecule is Cc1cnccc1N(CCC(=N)N)c1ccccc1. The summed E-state index contributed by atoms with van der Waals surface area (Å²) >= 11 is 0. The second kappa shape index (κ2) is 6.00. The summed E-state index contributed by atoms with van der Waals surface area (Å²) in [5.41, 5.74) is 8.78. The first-order valence-corrected chi connectivity index (χ1v) is 6.24. The first-order chi connectivity index (χ1) is 9.18. The van der Waals surface area contributed by atoms with Crippen LogP contribution in [-0.2, 0) is 0 Å². The van der Waals surface area contributed by atoms with Crippen LogP contribution in [0.4, 0.5) is 11.4 Å². The van der Waals surface area contributed by atoms with E-state index in [-0.39, 0.29) is 5.84 Å². The summed E-state index contributed by atoms with van der Waals surface area (Å²) in [7, 11) is 0. The highest BCUT2D eigenvalue weighted by molar-refractivity contribution is 5.78. The van der Waals surface area contributed by atoms with E-state index in [1.54, 1.807) is 6.20 Å². The van der Waals surface area contributed by atoms with Crippen molar-refractivity contribution in [3.63, 3.8) is 0 Å². The van der Waals surface area contributed by atoms with E-state index in [0.717, 1.165) is 16.9 Å². The van der Waals surface area contributed by atoms with Gasteiger partial charge in [-0.15, -0.1) is 0 Å². The van der Waals surface area contributed by atoms with Crippen LogP contribution in [0.3, 0.4) is 0 Å². The molecule has 0 fully saturated rings. The molecule has 1 aromatic heterocycles. The molecule has 0 unspecified atom stereocenters. The number of aromatic nitrogens is 1. The Balaban J connectivity index is 2.35. The Morgan fingerprint density at radius 2 is 2.00 bits per heavy atom. The smallest absolute Gasteiger partial charge is 0.0923 e. The van der Waals surface area contributed by atoms with Crippen LogP contribution in [0, 0.1) is 12.3 Å². The maximum atomic E-state index is 7.41. The van der Waals surface area contributed by atoms with E-state index in [9.17, 15) is 0 Å². The van der Waals surface area contributed by atoms with Crippen LogP contribution >= 0.6 is 0 Å². The first-order valence-electron chi connectivity index (χ1n) is 6.24. The summed E-state index contributed by atoms with van der Waals surface area (Å²) in [4.78, 5) is 6.29. The van der Waals surface area contributed by atoms with Gasteiger partial charge in [-0.3, -0.25) is 10.4 Å². The fraction of sp³-hybridized carbons (Fsp3) is 0.200. The van der Waals surface area contributed by atoms with Gasteiger partial charge in [0.05, 0.1) is 5.84 Å². The average Bonchev–Trinajstić information content (AvgIpc) is 2.42. The van der Waals surface area contributed by atoms with Gasteiger partial charge in [-0.2, -0.15) is 0 Å². The minimum atomic E-state index is 0.202. The molecule has 2 aromatic rings. The van der Waals surface area contributed by atoms with Crippen LogP contribution in [0.1, 0.15) is 12.0 Å². The number of nitrogens with one attached hydrogen (secondary N) is 1. The number of para-hydroxylation sites is 1. The number of hydrogen-bond acceptors (Lipinski definition) is 3. The van der Waals surface area contributed by atoms with Crippen molar-refractivity contribution in [3.8, 4) is 0 Å². The van der Waals surface area contributed by atoms with E-state index in [2.05, 4.69) is 22.0 Å². The van der Waals surface area contributed by atoms with Crippen LogP contribution < -0.4 is 10.6 Å². The third-order valence-electron chi connectivity index (χ3n) is 2.95. The summed E-state index contributed by atoms with van der Waals surface area (Å²) in [5.74, 6) is 0.202. The molecule has 0 amide bonds. The number of rotatable bonds is 5. The molecule has 0 saturated heterocycles. The standard InChI is InChI=1S/C15H18N4/c1-12-11-18-9-7-14(12)19(10-8-15(16)17)13-5-3-2-4-6-13/h2-7,9,11H,8,10H2,1H3,(H3,16,17). The van der Waals surface area contributed by atoms with Crippen molar-refractivity contribution in [2.24, 2.45) is 5.73 Å². The van der Waals surface area contributed by atoms with Crippen molar-refractivity contribution < 1.29 is 0 Å². The van der Waals surface area contributed by atoms with Gasteiger partial charge in [0.2, 0.25) is 0 Å². The molecule has 0 atom stereocenters. The van der Waals surface area contributed by atoms with E-state index in [4.69, 9.17) is 11.1 Å². The maximum Gasteiger partial charge on any atom is 0.0923 e. The quantitative estimate of drug-likeness (QED) is 0.637. The molecule has 0 radical (unpaired) electrons. The Kier molecular flexibility index (Phi) is 4.13. The van der Waals surface area contributed by atoms with Crippen molar-refractivity contribution >= 4 is 17.2 Å². The zero-order valence-corrected chi connectivity index (χ0v) is 11.0. The Morgan fingerprint density at radius 3 is 2.63 bits per heavy atom. The van der Waals surface area contributed by atoms with Gasteiger partial charge in [-0.25, -0.2) is 0 Å². The lowest BCUT2D eigenvalue weighted by Crippen LogP contribution is -2.24. The summed E-state index contributed by atoms with van der Waals surface area (Å²) < 4.78 is 0. The molecule has 1 heterocycles. The number of hydrogen-bond donors (Lipinski definition) is 2. The van der Waals surface area contributed by atoms with Crippen molar-refractivity contribution in [2.75, 3.05) is 11.4 Å². The molecule has 1 aromatic carbocycles. The topological polar surface area (TPSA) is 66.0 Å². The van der Waals surface area contributed by atoms with Gasteiger partial charge < -0.3 is 10.6 Å². The molecule has 0 aliphatic rings. The molecule has 0 saturated carbocycles. The molecular weight excluding hydrogens is 236 g/mol. The molecule has 0 bridgehead atoms. The van der Waals surface area contributed by atoms with E-state index in [1.807, 2.05) is 37.4 Å². The first kappa shape index (κ1) is 13.1. The van der Waals surface area contributed by atoms with Crippen LogP contribution in [0.15, 0.2) is 48.8 Å². The van der Waals surface area contributed by atoms with E-state index < -0.39 is 0 Å². The molecule has 98 valence electrons. The highest BCUT2D eigenvalue weighted by Crippen LogP contribution is 2.27. The molecule has 4 heteroatoms. The fourth-order valence-electron chi connectivity index (χ4n) is 2.00. The maximum absolute atomic E-state index is 7.41. The van der Waals surface area contributed by atoms with Crippen molar-refractivity contribution in [2.45, 2.75) is 13.3 Å². The predicted octanol–water partition coefficient (Wildman–Crippen LogP) is 2.85. The number of amidine groups is 1. The van der Waals surface area contributed by atoms with Crippen molar-refractivity contribution in [3.05, 3.63) is 54.4 Å². The summed E-state index contributed by atoms with van der Waals surface area (Å²) in [6.07, 6.45) is 4.17. The molecule has 2 rings (SSSR count). The van der Waals surface area contributed by atoms with Crippen LogP contribution in [-0.4, -0.2) is 17.4 Å². The molecule has 4 nitrogen and oxygen atoms in total. The molecule has 0 aliphatic heterocycles. The summed E-state index contributed by atoms with van der Waals surface area (Å²) in [5, 5.41) is 7.41. The van der Waals surface area contributed by atoms with E-state index in [1.165, 1.54) is 0 Å². The normalized spacial score (nSPS) is 10.2. The van der Waals surface area contributed by atoms with Crippen molar-refractivity contribution in [1.29, 1.82) is 5.41 Å². The largest absolute Gasteiger partial charge is 0.388 e. The van der Waals surface area contributed by atoms with Gasteiger partial charge in [0.15, 0.2) is 0 Å². The van der Waals surface area contributed by atoms with E-state index in [0.29, 0.717) is 13.0 Å². The molecule has 19 heavy (non-hydrogen) atoms. The minimum absolute atomic E-state index is 0.202. The number of pyridine rings is 1. The Hall–Kier alpha value is -2.36. The van der Waals surface area contributed by atoms with Gasteiger partial charge in [0, 0.05) is 36.7 Å². The monoisotopic (exact) mass is 254 g/mol. The van der Waals surface area contributed by atoms with Gasteiger partial charge in [-0.05, 0) is 30.7 Å². The highest BCUT2D eigenvalue weighted by Gasteiger charge is 2.11. The zero-order chi connectivity index (χ0) is 13.7. The number of aryl methyl sites for hydroxylation is 1. The van der Waals surface area contributed by atoms with Crippen LogP contribution in [0.2, 0.25) is 0 Å². The zero-order valence-electron chi connectivity index (χ0n) is 11.0. The number of nitrogens with two attached hydrogens (primary N) is 1. The van der Waals surface area contributed by atoms with Crippen molar-refractivity contribution in [1.82, 2.24) is 4.98 Å². The predicted molar refractivity (Wildman–Crippen MR) is 79.0 cm³/mol. The van der Waals surface area contributed by atoms with E-state index >= 15 is 0 Å². The van der Waals surface area contributed by atoms with Gasteiger partial charge >= 0.3 is 0 Å². The van der Waals surface area contributed by atoms with Gasteiger partial charge in [0.25, 0.3) is 0 Å². The van der Waals surface area contributed by atoms with Crippen LogP contribution in [0.25, 0.3) is 0 Å². The van der Waals surface area contributed by atoms with Gasteiger partial charge in [-0.1, -0.05) is 18.2 Å². The lowest BCUT2D eigenvalue weighted by Gasteiger charge is -2.26. The van der Waals surface area contributed by atoms with Gasteiger partial charge in [0.1, 0.15) is 0 Å². The molecular formula is C15H18N4. The average molecular weight is 254 g/mol. The number of anilines is 2.